The zero-order valence-electron chi connectivity index (χ0n) is 10.4. The molecule has 3 rings (SSSR count). The highest BCUT2D eigenvalue weighted by Crippen LogP contribution is 2.21. The molecule has 0 saturated carbocycles. The van der Waals surface area contributed by atoms with E-state index in [1.54, 1.807) is 19.1 Å². The summed E-state index contributed by atoms with van der Waals surface area (Å²) in [5.41, 5.74) is 2.36. The van der Waals surface area contributed by atoms with Gasteiger partial charge in [0.1, 0.15) is 5.82 Å². The highest BCUT2D eigenvalue weighted by molar-refractivity contribution is 5.61. The molecule has 3 aromatic rings. The van der Waals surface area contributed by atoms with Gasteiger partial charge < -0.3 is 0 Å². The Morgan fingerprint density at radius 3 is 2.53 bits per heavy atom. The van der Waals surface area contributed by atoms with Crippen LogP contribution in [0.4, 0.5) is 4.39 Å². The second-order valence-electron chi connectivity index (χ2n) is 4.34. The monoisotopic (exact) mass is 253 g/mol. The summed E-state index contributed by atoms with van der Waals surface area (Å²) in [7, 11) is 0. The number of rotatable bonds is 2. The Labute approximate surface area is 110 Å². The highest BCUT2D eigenvalue weighted by Gasteiger charge is 2.08. The van der Waals surface area contributed by atoms with Gasteiger partial charge in [0.2, 0.25) is 0 Å². The van der Waals surface area contributed by atoms with Crippen molar-refractivity contribution in [3.05, 3.63) is 59.9 Å². The van der Waals surface area contributed by atoms with E-state index in [-0.39, 0.29) is 5.82 Å². The molecule has 0 atom stereocenters. The van der Waals surface area contributed by atoms with Crippen molar-refractivity contribution in [2.45, 2.75) is 6.92 Å². The lowest BCUT2D eigenvalue weighted by Crippen LogP contribution is -1.86. The third kappa shape index (κ3) is 2.25. The van der Waals surface area contributed by atoms with Crippen molar-refractivity contribution in [1.82, 2.24) is 15.2 Å². The zero-order valence-corrected chi connectivity index (χ0v) is 10.4. The van der Waals surface area contributed by atoms with Crippen molar-refractivity contribution in [3.63, 3.8) is 0 Å². The van der Waals surface area contributed by atoms with E-state index in [1.807, 2.05) is 30.3 Å². The molecular weight excluding hydrogens is 241 g/mol. The molecule has 0 amide bonds. The van der Waals surface area contributed by atoms with Crippen LogP contribution in [0.25, 0.3) is 22.8 Å². The molecule has 2 aromatic carbocycles. The number of H-pyrrole nitrogens is 1. The van der Waals surface area contributed by atoms with Gasteiger partial charge in [-0.15, -0.1) is 0 Å². The van der Waals surface area contributed by atoms with Crippen LogP contribution in [-0.4, -0.2) is 15.2 Å². The maximum absolute atomic E-state index is 13.2. The Balaban J connectivity index is 1.99. The number of nitrogens with zero attached hydrogens (tertiary/aromatic N) is 2. The first-order valence-corrected chi connectivity index (χ1v) is 5.98. The van der Waals surface area contributed by atoms with Gasteiger partial charge in [0.25, 0.3) is 0 Å². The van der Waals surface area contributed by atoms with Crippen LogP contribution < -0.4 is 0 Å². The predicted molar refractivity (Wildman–Crippen MR) is 71.9 cm³/mol. The third-order valence-corrected chi connectivity index (χ3v) is 2.95. The summed E-state index contributed by atoms with van der Waals surface area (Å²) in [6.45, 7) is 1.73. The summed E-state index contributed by atoms with van der Waals surface area (Å²) >= 11 is 0. The molecule has 3 nitrogen and oxygen atoms in total. The largest absolute Gasteiger partial charge is 0.259 e. The van der Waals surface area contributed by atoms with Crippen LogP contribution in [0.1, 0.15) is 5.56 Å². The lowest BCUT2D eigenvalue weighted by atomic mass is 10.1. The summed E-state index contributed by atoms with van der Waals surface area (Å²) in [6.07, 6.45) is 0. The Kier molecular flexibility index (Phi) is 2.83. The molecule has 94 valence electrons. The molecule has 1 N–H and O–H groups in total. The van der Waals surface area contributed by atoms with Gasteiger partial charge in [0, 0.05) is 11.1 Å². The van der Waals surface area contributed by atoms with Crippen molar-refractivity contribution in [1.29, 1.82) is 0 Å². The van der Waals surface area contributed by atoms with Crippen LogP contribution in [-0.2, 0) is 0 Å². The lowest BCUT2D eigenvalue weighted by molar-refractivity contribution is 0.618. The normalized spacial score (nSPS) is 10.6. The summed E-state index contributed by atoms with van der Waals surface area (Å²) in [6, 6.07) is 14.6. The molecule has 0 saturated heterocycles. The molecular formula is C15H12FN3. The molecule has 0 aliphatic carbocycles. The Morgan fingerprint density at radius 1 is 1.00 bits per heavy atom. The minimum absolute atomic E-state index is 0.220. The predicted octanol–water partition coefficient (Wildman–Crippen LogP) is 3.59. The Bertz CT molecular complexity index is 704. The summed E-state index contributed by atoms with van der Waals surface area (Å²) in [5.74, 6) is 1.06. The van der Waals surface area contributed by atoms with Crippen molar-refractivity contribution in [3.8, 4) is 22.8 Å². The van der Waals surface area contributed by atoms with Crippen LogP contribution in [0, 0.1) is 12.7 Å². The molecule has 4 heteroatoms. The number of benzene rings is 2. The van der Waals surface area contributed by atoms with Gasteiger partial charge in [0.05, 0.1) is 0 Å². The minimum Gasteiger partial charge on any atom is -0.259 e. The lowest BCUT2D eigenvalue weighted by Gasteiger charge is -1.98. The van der Waals surface area contributed by atoms with Gasteiger partial charge in [0.15, 0.2) is 11.6 Å². The Hall–Kier alpha value is -2.49. The minimum atomic E-state index is -0.220. The van der Waals surface area contributed by atoms with Gasteiger partial charge in [-0.3, -0.25) is 5.10 Å². The molecule has 0 unspecified atom stereocenters. The number of hydrogen-bond donors (Lipinski definition) is 1. The van der Waals surface area contributed by atoms with Gasteiger partial charge in [-0.25, -0.2) is 9.37 Å². The van der Waals surface area contributed by atoms with E-state index in [4.69, 9.17) is 0 Å². The molecule has 0 aliphatic heterocycles. The molecule has 1 aromatic heterocycles. The number of halogens is 1. The van der Waals surface area contributed by atoms with E-state index in [9.17, 15) is 4.39 Å². The number of hydrogen-bond acceptors (Lipinski definition) is 2. The molecule has 0 radical (unpaired) electrons. The Morgan fingerprint density at radius 2 is 1.79 bits per heavy atom. The molecule has 0 aliphatic rings. The van der Waals surface area contributed by atoms with Gasteiger partial charge in [-0.2, -0.15) is 5.10 Å². The molecule has 0 bridgehead atoms. The van der Waals surface area contributed by atoms with Crippen LogP contribution in [0.5, 0.6) is 0 Å². The van der Waals surface area contributed by atoms with E-state index in [1.165, 1.54) is 6.07 Å². The molecule has 0 spiro atoms. The van der Waals surface area contributed by atoms with Crippen molar-refractivity contribution in [2.75, 3.05) is 0 Å². The first-order chi connectivity index (χ1) is 9.24. The summed E-state index contributed by atoms with van der Waals surface area (Å²) in [4.78, 5) is 4.43. The molecule has 0 fully saturated rings. The van der Waals surface area contributed by atoms with Crippen LogP contribution in [0.15, 0.2) is 48.5 Å². The standard InChI is InChI=1S/C15H12FN3/c1-10-9-12(7-8-13(10)16)15-17-14(18-19-15)11-5-3-2-4-6-11/h2-9H,1H3,(H,17,18,19). The third-order valence-electron chi connectivity index (χ3n) is 2.95. The maximum Gasteiger partial charge on any atom is 0.181 e. The second-order valence-corrected chi connectivity index (χ2v) is 4.34. The fraction of sp³-hybridized carbons (Fsp3) is 0.0667. The molecule has 19 heavy (non-hydrogen) atoms. The van der Waals surface area contributed by atoms with E-state index in [2.05, 4.69) is 15.2 Å². The highest BCUT2D eigenvalue weighted by atomic mass is 19.1. The first kappa shape index (κ1) is 11.6. The fourth-order valence-electron chi connectivity index (χ4n) is 1.90. The van der Waals surface area contributed by atoms with Crippen LogP contribution >= 0.6 is 0 Å². The van der Waals surface area contributed by atoms with E-state index < -0.39 is 0 Å². The second kappa shape index (κ2) is 4.65. The van der Waals surface area contributed by atoms with Gasteiger partial charge >= 0.3 is 0 Å². The summed E-state index contributed by atoms with van der Waals surface area (Å²) in [5, 5.41) is 7.07. The smallest absolute Gasteiger partial charge is 0.181 e. The van der Waals surface area contributed by atoms with Gasteiger partial charge in [-0.1, -0.05) is 30.3 Å². The maximum atomic E-state index is 13.2. The number of aromatic nitrogens is 3. The topological polar surface area (TPSA) is 41.6 Å². The number of nitrogens with one attached hydrogen (secondary N) is 1. The summed E-state index contributed by atoms with van der Waals surface area (Å²) < 4.78 is 13.2. The van der Waals surface area contributed by atoms with Crippen molar-refractivity contribution >= 4 is 0 Å². The van der Waals surface area contributed by atoms with E-state index in [0.29, 0.717) is 17.2 Å². The van der Waals surface area contributed by atoms with Gasteiger partial charge in [-0.05, 0) is 30.7 Å². The fourth-order valence-corrected chi connectivity index (χ4v) is 1.90. The van der Waals surface area contributed by atoms with E-state index >= 15 is 0 Å². The van der Waals surface area contributed by atoms with Crippen molar-refractivity contribution in [2.24, 2.45) is 0 Å². The number of aryl methyl sites for hydroxylation is 1. The SMILES string of the molecule is Cc1cc(-c2n[nH]c(-c3ccccc3)n2)ccc1F. The van der Waals surface area contributed by atoms with Crippen molar-refractivity contribution < 1.29 is 4.39 Å². The average molecular weight is 253 g/mol. The average Bonchev–Trinajstić information content (AvgIpc) is 2.93. The first-order valence-electron chi connectivity index (χ1n) is 5.98. The quantitative estimate of drug-likeness (QED) is 0.758. The number of aromatic amines is 1. The molecule has 1 heterocycles. The zero-order chi connectivity index (χ0) is 13.2. The van der Waals surface area contributed by atoms with Crippen LogP contribution in [0.2, 0.25) is 0 Å². The van der Waals surface area contributed by atoms with Crippen LogP contribution in [0.3, 0.4) is 0 Å². The van der Waals surface area contributed by atoms with E-state index in [0.717, 1.165) is 11.1 Å².